The predicted octanol–water partition coefficient (Wildman–Crippen LogP) is 3.78. The van der Waals surface area contributed by atoms with Crippen LogP contribution in [0.15, 0.2) is 18.2 Å². The predicted molar refractivity (Wildman–Crippen MR) is 88.5 cm³/mol. The van der Waals surface area contributed by atoms with Gasteiger partial charge in [0.2, 0.25) is 0 Å². The summed E-state index contributed by atoms with van der Waals surface area (Å²) in [5, 5.41) is 0. The maximum atomic E-state index is 12.4. The van der Waals surface area contributed by atoms with Gasteiger partial charge in [0, 0.05) is 26.4 Å². The molecule has 0 atom stereocenters. The van der Waals surface area contributed by atoms with E-state index in [1.165, 1.54) is 30.1 Å². The third-order valence-corrected chi connectivity index (χ3v) is 4.80. The molecule has 0 bridgehead atoms. The molecule has 5 nitrogen and oxygen atoms in total. The fourth-order valence-electron chi connectivity index (χ4n) is 1.81. The van der Waals surface area contributed by atoms with Crippen LogP contribution in [0.5, 0.6) is 5.75 Å². The lowest BCUT2D eigenvalue weighted by molar-refractivity contribution is -0.0506. The van der Waals surface area contributed by atoms with E-state index in [-0.39, 0.29) is 12.3 Å². The molecule has 8 heteroatoms. The number of nitrogens with zero attached hydrogens (tertiary/aromatic N) is 1. The molecule has 0 saturated carbocycles. The Kier molecular flexibility index (Phi) is 6.80. The number of nitrogens with two attached hydrogens (primary N) is 1. The Morgan fingerprint density at radius 2 is 2.00 bits per heavy atom. The van der Waals surface area contributed by atoms with Crippen molar-refractivity contribution in [2.24, 2.45) is 0 Å². The molecule has 2 N–H and O–H groups in total. The van der Waals surface area contributed by atoms with E-state index < -0.39 is 20.8 Å². The molecule has 0 unspecified atom stereocenters. The number of nitrogen functional groups attached to an aromatic ring is 1. The van der Waals surface area contributed by atoms with Crippen LogP contribution >= 0.6 is 0 Å². The fourth-order valence-corrected chi connectivity index (χ4v) is 2.52. The fraction of sp³-hybridized carbons (Fsp3) is 0.533. The Morgan fingerprint density at radius 1 is 1.35 bits per heavy atom. The lowest BCUT2D eigenvalue weighted by Crippen LogP contribution is -2.29. The molecule has 0 spiro atoms. The second-order valence-corrected chi connectivity index (χ2v) is 12.1. The zero-order chi connectivity index (χ0) is 17.6. The van der Waals surface area contributed by atoms with Crippen LogP contribution in [0.25, 0.3) is 0 Å². The van der Waals surface area contributed by atoms with Crippen LogP contribution in [0, 0.1) is 0 Å². The van der Waals surface area contributed by atoms with E-state index in [1.807, 2.05) is 0 Å². The number of hydrogen-bond acceptors (Lipinski definition) is 4. The molecule has 0 radical (unpaired) electrons. The summed E-state index contributed by atoms with van der Waals surface area (Å²) in [7, 11) is 0.251. The number of carbonyl (C=O) groups is 1. The Hall–Kier alpha value is -1.83. The molecule has 1 aromatic rings. The number of rotatable bonds is 7. The van der Waals surface area contributed by atoms with Gasteiger partial charge in [-0.2, -0.15) is 8.78 Å². The summed E-state index contributed by atoms with van der Waals surface area (Å²) in [4.78, 5) is 13.3. The normalized spacial score (nSPS) is 11.4. The van der Waals surface area contributed by atoms with Gasteiger partial charge in [0.05, 0.1) is 13.2 Å². The van der Waals surface area contributed by atoms with Gasteiger partial charge in [0.15, 0.2) is 0 Å². The minimum Gasteiger partial charge on any atom is -0.450 e. The first kappa shape index (κ1) is 19.2. The molecular weight excluding hydrogens is 322 g/mol. The molecule has 0 saturated heterocycles. The van der Waals surface area contributed by atoms with E-state index >= 15 is 0 Å². The number of alkyl halides is 2. The molecule has 23 heavy (non-hydrogen) atoms. The van der Waals surface area contributed by atoms with Crippen molar-refractivity contribution in [3.05, 3.63) is 23.8 Å². The molecule has 1 rings (SSSR count). The molecular formula is C15H24F2N2O3Si. The number of anilines is 1. The topological polar surface area (TPSA) is 64.8 Å². The minimum absolute atomic E-state index is 0.00375. The van der Waals surface area contributed by atoms with Crippen LogP contribution in [0.4, 0.5) is 19.3 Å². The van der Waals surface area contributed by atoms with Gasteiger partial charge in [-0.3, -0.25) is 0 Å². The van der Waals surface area contributed by atoms with Gasteiger partial charge in [-0.15, -0.1) is 0 Å². The summed E-state index contributed by atoms with van der Waals surface area (Å²) in [6, 6.07) is 5.20. The second-order valence-electron chi connectivity index (χ2n) is 6.53. The van der Waals surface area contributed by atoms with Gasteiger partial charge in [-0.05, 0) is 24.2 Å². The van der Waals surface area contributed by atoms with Crippen molar-refractivity contribution in [2.75, 3.05) is 19.4 Å². The molecule has 0 heterocycles. The molecule has 0 aliphatic carbocycles. The molecule has 0 aliphatic heterocycles. The average molecular weight is 346 g/mol. The molecule has 130 valence electrons. The Labute approximate surface area is 136 Å². The van der Waals surface area contributed by atoms with Crippen LogP contribution in [0.3, 0.4) is 0 Å². The van der Waals surface area contributed by atoms with Crippen LogP contribution in [-0.2, 0) is 11.3 Å². The van der Waals surface area contributed by atoms with Crippen molar-refractivity contribution < 1.29 is 23.0 Å². The van der Waals surface area contributed by atoms with E-state index in [2.05, 4.69) is 24.4 Å². The maximum absolute atomic E-state index is 12.4. The third-order valence-electron chi connectivity index (χ3n) is 3.10. The SMILES string of the molecule is CN(Cc1cc(N)ccc1OC(F)F)C(=O)OCC[Si](C)(C)C. The number of amides is 1. The zero-order valence-corrected chi connectivity index (χ0v) is 14.9. The second kappa shape index (κ2) is 8.14. The van der Waals surface area contributed by atoms with Gasteiger partial charge in [0.1, 0.15) is 5.75 Å². The van der Waals surface area contributed by atoms with Gasteiger partial charge in [-0.1, -0.05) is 19.6 Å². The van der Waals surface area contributed by atoms with Gasteiger partial charge >= 0.3 is 12.7 Å². The maximum Gasteiger partial charge on any atom is 0.409 e. The van der Waals surface area contributed by atoms with Gasteiger partial charge in [-0.25, -0.2) is 4.79 Å². The van der Waals surface area contributed by atoms with Gasteiger partial charge in [0.25, 0.3) is 0 Å². The zero-order valence-electron chi connectivity index (χ0n) is 13.9. The summed E-state index contributed by atoms with van der Waals surface area (Å²) < 4.78 is 34.5. The summed E-state index contributed by atoms with van der Waals surface area (Å²) >= 11 is 0. The smallest absolute Gasteiger partial charge is 0.409 e. The van der Waals surface area contributed by atoms with E-state index in [1.54, 1.807) is 0 Å². The summed E-state index contributed by atoms with van der Waals surface area (Å²) in [6.45, 7) is 4.04. The quantitative estimate of drug-likeness (QED) is 0.603. The van der Waals surface area contributed by atoms with Crippen molar-refractivity contribution in [1.82, 2.24) is 4.90 Å². The van der Waals surface area contributed by atoms with Crippen molar-refractivity contribution in [1.29, 1.82) is 0 Å². The highest BCUT2D eigenvalue weighted by Crippen LogP contribution is 2.24. The van der Waals surface area contributed by atoms with Crippen molar-refractivity contribution in [3.8, 4) is 5.75 Å². The average Bonchev–Trinajstić information content (AvgIpc) is 2.39. The number of benzene rings is 1. The van der Waals surface area contributed by atoms with Crippen molar-refractivity contribution in [2.45, 2.75) is 38.8 Å². The monoisotopic (exact) mass is 346 g/mol. The number of halogens is 2. The van der Waals surface area contributed by atoms with E-state index in [9.17, 15) is 13.6 Å². The molecule has 0 fully saturated rings. The lowest BCUT2D eigenvalue weighted by Gasteiger charge is -2.21. The third kappa shape index (κ3) is 7.31. The van der Waals surface area contributed by atoms with Gasteiger partial charge < -0.3 is 20.1 Å². The number of hydrogen-bond donors (Lipinski definition) is 1. The highest BCUT2D eigenvalue weighted by molar-refractivity contribution is 6.76. The Morgan fingerprint density at radius 3 is 2.57 bits per heavy atom. The standard InChI is InChI=1S/C15H24F2N2O3Si/c1-19(15(20)21-7-8-23(2,3)4)10-11-9-12(18)5-6-13(11)22-14(16)17/h5-6,9,14H,7-8,10,18H2,1-4H3. The molecule has 0 aromatic heterocycles. The first-order chi connectivity index (χ1) is 10.6. The summed E-state index contributed by atoms with van der Waals surface area (Å²) in [6.07, 6.45) is -0.506. The summed E-state index contributed by atoms with van der Waals surface area (Å²) in [5.41, 5.74) is 6.47. The Balaban J connectivity index is 2.67. The van der Waals surface area contributed by atoms with Crippen molar-refractivity contribution >= 4 is 19.9 Å². The molecule has 1 amide bonds. The summed E-state index contributed by atoms with van der Waals surface area (Å²) in [5.74, 6) is -0.00375. The number of ether oxygens (including phenoxy) is 2. The number of carbonyl (C=O) groups excluding carboxylic acids is 1. The minimum atomic E-state index is -2.94. The van der Waals surface area contributed by atoms with Crippen LogP contribution < -0.4 is 10.5 Å². The van der Waals surface area contributed by atoms with Crippen LogP contribution in [0.1, 0.15) is 5.56 Å². The van der Waals surface area contributed by atoms with E-state index in [4.69, 9.17) is 10.5 Å². The van der Waals surface area contributed by atoms with Crippen molar-refractivity contribution in [3.63, 3.8) is 0 Å². The largest absolute Gasteiger partial charge is 0.450 e. The highest BCUT2D eigenvalue weighted by atomic mass is 28.3. The molecule has 0 aliphatic rings. The first-order valence-electron chi connectivity index (χ1n) is 7.29. The lowest BCUT2D eigenvalue weighted by atomic mass is 10.1. The molecule has 1 aromatic carbocycles. The van der Waals surface area contributed by atoms with Crippen LogP contribution in [0.2, 0.25) is 25.7 Å². The van der Waals surface area contributed by atoms with Crippen LogP contribution in [-0.4, -0.2) is 39.3 Å². The Bertz CT molecular complexity index is 536. The van der Waals surface area contributed by atoms with E-state index in [0.29, 0.717) is 17.9 Å². The first-order valence-corrected chi connectivity index (χ1v) is 11.0. The highest BCUT2D eigenvalue weighted by Gasteiger charge is 2.18. The van der Waals surface area contributed by atoms with E-state index in [0.717, 1.165) is 6.04 Å².